The molecule has 1 amide bonds. The number of nitrogens with zero attached hydrogens (tertiary/aromatic N) is 4. The van der Waals surface area contributed by atoms with Crippen molar-refractivity contribution in [1.29, 1.82) is 0 Å². The van der Waals surface area contributed by atoms with Crippen LogP contribution in [0.1, 0.15) is 19.4 Å². The Bertz CT molecular complexity index is 1500. The van der Waals surface area contributed by atoms with Crippen molar-refractivity contribution in [2.75, 3.05) is 14.1 Å². The van der Waals surface area contributed by atoms with Crippen LogP contribution in [-0.4, -0.2) is 45.5 Å². The van der Waals surface area contributed by atoms with E-state index >= 15 is 0 Å². The molecule has 7 nitrogen and oxygen atoms in total. The monoisotopic (exact) mass is 523 g/mol. The highest BCUT2D eigenvalue weighted by atomic mass is 35.5. The van der Waals surface area contributed by atoms with E-state index in [0.717, 1.165) is 11.1 Å². The summed E-state index contributed by atoms with van der Waals surface area (Å²) in [7, 11) is 3.96. The summed E-state index contributed by atoms with van der Waals surface area (Å²) in [5, 5.41) is 3.92. The first-order valence-electron chi connectivity index (χ1n) is 11.5. The van der Waals surface area contributed by atoms with Gasteiger partial charge in [-0.2, -0.15) is 0 Å². The topological polar surface area (TPSA) is 80.1 Å². The van der Waals surface area contributed by atoms with E-state index in [-0.39, 0.29) is 24.0 Å². The van der Waals surface area contributed by atoms with Gasteiger partial charge in [0.2, 0.25) is 5.91 Å². The molecule has 1 N–H and O–H groups in total. The van der Waals surface area contributed by atoms with E-state index in [0.29, 0.717) is 39.2 Å². The number of fused-ring (bicyclic) bond motifs is 1. The van der Waals surface area contributed by atoms with Gasteiger partial charge in [-0.1, -0.05) is 35.3 Å². The Morgan fingerprint density at radius 1 is 1.00 bits per heavy atom. The summed E-state index contributed by atoms with van der Waals surface area (Å²) in [5.41, 5.74) is 3.24. The number of rotatable bonds is 7. The molecule has 0 aliphatic rings. The standard InChI is InChI=1S/C27H27Cl2N5O2/c1-16(2)30-24(35)15-34-26(18-6-5-7-20(28)12-18)32-23-9-8-22(31-25(23)27(34)36)19-10-17(14-33(3)4)11-21(29)13-19/h5-13,16H,14-15H2,1-4H3,(H,30,35). The Labute approximate surface area is 219 Å². The summed E-state index contributed by atoms with van der Waals surface area (Å²) in [6, 6.07) is 16.3. The lowest BCUT2D eigenvalue weighted by Gasteiger charge is -2.15. The predicted octanol–water partition coefficient (Wildman–Crippen LogP) is 5.02. The second-order valence-corrected chi connectivity index (χ2v) is 10.1. The largest absolute Gasteiger partial charge is 0.352 e. The number of carbonyl (C=O) groups is 1. The van der Waals surface area contributed by atoms with Crippen LogP contribution in [0.4, 0.5) is 0 Å². The van der Waals surface area contributed by atoms with Gasteiger partial charge in [0, 0.05) is 33.8 Å². The van der Waals surface area contributed by atoms with Crippen LogP contribution in [0.25, 0.3) is 33.7 Å². The summed E-state index contributed by atoms with van der Waals surface area (Å²) in [6.45, 7) is 4.24. The third-order valence-corrected chi connectivity index (χ3v) is 5.84. The molecule has 0 radical (unpaired) electrons. The first kappa shape index (κ1) is 25.8. The second kappa shape index (κ2) is 10.8. The average molecular weight is 524 g/mol. The number of nitrogens with one attached hydrogen (secondary N) is 1. The van der Waals surface area contributed by atoms with Gasteiger partial charge in [-0.3, -0.25) is 14.2 Å². The molecule has 0 saturated heterocycles. The minimum Gasteiger partial charge on any atom is -0.352 e. The van der Waals surface area contributed by atoms with Crippen molar-refractivity contribution >= 4 is 40.1 Å². The molecule has 0 unspecified atom stereocenters. The van der Waals surface area contributed by atoms with E-state index in [2.05, 4.69) is 10.3 Å². The highest BCUT2D eigenvalue weighted by Crippen LogP contribution is 2.27. The molecule has 4 aromatic rings. The van der Waals surface area contributed by atoms with Gasteiger partial charge in [-0.15, -0.1) is 0 Å². The molecule has 2 aromatic carbocycles. The van der Waals surface area contributed by atoms with Crippen molar-refractivity contribution in [3.05, 3.63) is 80.6 Å². The van der Waals surface area contributed by atoms with E-state index in [1.165, 1.54) is 4.57 Å². The van der Waals surface area contributed by atoms with Crippen LogP contribution in [0.15, 0.2) is 59.4 Å². The van der Waals surface area contributed by atoms with Crippen LogP contribution in [0, 0.1) is 0 Å². The number of hydrogen-bond donors (Lipinski definition) is 1. The molecule has 0 fully saturated rings. The number of benzene rings is 2. The highest BCUT2D eigenvalue weighted by Gasteiger charge is 2.18. The van der Waals surface area contributed by atoms with Gasteiger partial charge in [0.25, 0.3) is 5.56 Å². The minimum atomic E-state index is -0.411. The fourth-order valence-corrected chi connectivity index (χ4v) is 4.47. The summed E-state index contributed by atoms with van der Waals surface area (Å²) in [6.07, 6.45) is 0. The number of pyridine rings is 1. The smallest absolute Gasteiger partial charge is 0.280 e. The van der Waals surface area contributed by atoms with Gasteiger partial charge in [0.05, 0.1) is 11.2 Å². The van der Waals surface area contributed by atoms with Crippen molar-refractivity contribution in [2.24, 2.45) is 0 Å². The molecule has 9 heteroatoms. The normalized spacial score (nSPS) is 11.4. The van der Waals surface area contributed by atoms with Gasteiger partial charge in [-0.25, -0.2) is 9.97 Å². The zero-order valence-corrected chi connectivity index (χ0v) is 22.1. The van der Waals surface area contributed by atoms with Crippen molar-refractivity contribution in [1.82, 2.24) is 24.8 Å². The molecule has 186 valence electrons. The second-order valence-electron chi connectivity index (χ2n) is 9.21. The maximum absolute atomic E-state index is 13.7. The lowest BCUT2D eigenvalue weighted by Crippen LogP contribution is -2.37. The molecule has 2 heterocycles. The van der Waals surface area contributed by atoms with E-state index in [9.17, 15) is 9.59 Å². The molecule has 4 rings (SSSR count). The van der Waals surface area contributed by atoms with Crippen molar-refractivity contribution in [3.63, 3.8) is 0 Å². The Morgan fingerprint density at radius 2 is 1.75 bits per heavy atom. The lowest BCUT2D eigenvalue weighted by molar-refractivity contribution is -0.122. The molecule has 0 aliphatic carbocycles. The molecule has 36 heavy (non-hydrogen) atoms. The van der Waals surface area contributed by atoms with Crippen molar-refractivity contribution in [3.8, 4) is 22.6 Å². The molecule has 0 spiro atoms. The SMILES string of the molecule is CC(C)NC(=O)Cn1c(-c2cccc(Cl)c2)nc2ccc(-c3cc(Cl)cc(CN(C)C)c3)nc2c1=O. The number of halogens is 2. The fraction of sp³-hybridized carbons (Fsp3) is 0.259. The number of amides is 1. The Kier molecular flexibility index (Phi) is 7.73. The fourth-order valence-electron chi connectivity index (χ4n) is 4.02. The maximum atomic E-state index is 13.7. The molecular weight excluding hydrogens is 497 g/mol. The number of carbonyl (C=O) groups excluding carboxylic acids is 1. The third kappa shape index (κ3) is 5.93. The lowest BCUT2D eigenvalue weighted by atomic mass is 10.1. The quantitative estimate of drug-likeness (QED) is 0.367. The highest BCUT2D eigenvalue weighted by molar-refractivity contribution is 6.31. The summed E-state index contributed by atoms with van der Waals surface area (Å²) in [4.78, 5) is 37.8. The predicted molar refractivity (Wildman–Crippen MR) is 145 cm³/mol. The third-order valence-electron chi connectivity index (χ3n) is 5.39. The van der Waals surface area contributed by atoms with Crippen LogP contribution >= 0.6 is 23.2 Å². The first-order chi connectivity index (χ1) is 17.1. The van der Waals surface area contributed by atoms with E-state index < -0.39 is 5.56 Å². The van der Waals surface area contributed by atoms with E-state index in [1.807, 2.05) is 57.1 Å². The molecular formula is C27H27Cl2N5O2. The van der Waals surface area contributed by atoms with Crippen LogP contribution in [0.3, 0.4) is 0 Å². The van der Waals surface area contributed by atoms with Gasteiger partial charge < -0.3 is 10.2 Å². The van der Waals surface area contributed by atoms with E-state index in [1.54, 1.807) is 30.3 Å². The van der Waals surface area contributed by atoms with Crippen LogP contribution in [-0.2, 0) is 17.9 Å². The van der Waals surface area contributed by atoms with Gasteiger partial charge in [-0.05, 0) is 76.0 Å². The van der Waals surface area contributed by atoms with Gasteiger partial charge in [0.15, 0.2) is 5.52 Å². The Balaban J connectivity index is 1.89. The van der Waals surface area contributed by atoms with Crippen LogP contribution < -0.4 is 10.9 Å². The number of aromatic nitrogens is 3. The molecule has 0 bridgehead atoms. The summed E-state index contributed by atoms with van der Waals surface area (Å²) < 4.78 is 1.35. The molecule has 0 atom stereocenters. The van der Waals surface area contributed by atoms with Gasteiger partial charge in [0.1, 0.15) is 12.4 Å². The Morgan fingerprint density at radius 3 is 2.44 bits per heavy atom. The molecule has 0 saturated carbocycles. The Hall–Kier alpha value is -3.26. The average Bonchev–Trinajstić information content (AvgIpc) is 2.79. The zero-order chi connectivity index (χ0) is 26.0. The molecule has 0 aliphatic heterocycles. The van der Waals surface area contributed by atoms with Crippen LogP contribution in [0.2, 0.25) is 10.0 Å². The van der Waals surface area contributed by atoms with Gasteiger partial charge >= 0.3 is 0 Å². The summed E-state index contributed by atoms with van der Waals surface area (Å²) >= 11 is 12.6. The van der Waals surface area contributed by atoms with Crippen LogP contribution in [0.5, 0.6) is 0 Å². The number of hydrogen-bond acceptors (Lipinski definition) is 5. The first-order valence-corrected chi connectivity index (χ1v) is 12.3. The summed E-state index contributed by atoms with van der Waals surface area (Å²) in [5.74, 6) is 0.0512. The van der Waals surface area contributed by atoms with E-state index in [4.69, 9.17) is 28.2 Å². The molecule has 2 aromatic heterocycles. The van der Waals surface area contributed by atoms with Crippen molar-refractivity contribution in [2.45, 2.75) is 33.0 Å². The maximum Gasteiger partial charge on any atom is 0.280 e. The minimum absolute atomic E-state index is 0.0693. The zero-order valence-electron chi connectivity index (χ0n) is 20.5. The van der Waals surface area contributed by atoms with Crippen molar-refractivity contribution < 1.29 is 4.79 Å².